The summed E-state index contributed by atoms with van der Waals surface area (Å²) in [5, 5.41) is 4.98. The summed E-state index contributed by atoms with van der Waals surface area (Å²) in [5.41, 5.74) is 0.949. The first-order chi connectivity index (χ1) is 14.9. The first-order valence-electron chi connectivity index (χ1n) is 9.43. The molecule has 2 aromatic heterocycles. The van der Waals surface area contributed by atoms with E-state index in [1.165, 1.54) is 40.2 Å². The molecule has 4 aromatic rings. The van der Waals surface area contributed by atoms with Crippen LogP contribution in [-0.4, -0.2) is 15.0 Å². The van der Waals surface area contributed by atoms with E-state index in [1.807, 2.05) is 12.1 Å². The highest BCUT2D eigenvalue weighted by molar-refractivity contribution is 7.17. The number of rotatable bonds is 6. The topological polar surface area (TPSA) is 73.1 Å². The molecule has 0 aliphatic heterocycles. The molecule has 2 aromatic carbocycles. The third-order valence-electron chi connectivity index (χ3n) is 4.78. The largest absolute Gasteiger partial charge is 0.331 e. The van der Waals surface area contributed by atoms with Crippen LogP contribution in [0.15, 0.2) is 69.6 Å². The summed E-state index contributed by atoms with van der Waals surface area (Å²) in [7, 11) is 0. The molecule has 0 fully saturated rings. The van der Waals surface area contributed by atoms with Gasteiger partial charge in [0, 0.05) is 23.7 Å². The standard InChI is InChI=1S/C22H17ClFN3O3S/c23-15-3-1-14(2-4-15)13-27-18-10-12-31-20(18)21(29)26(22(27)30)11-9-19(28)25-17-7-5-16(24)6-8-17/h1-8,10,12H,9,11,13H2,(H,25,28). The Hall–Kier alpha value is -3.23. The first-order valence-corrected chi connectivity index (χ1v) is 10.7. The minimum atomic E-state index is -0.486. The van der Waals surface area contributed by atoms with Gasteiger partial charge in [-0.15, -0.1) is 11.3 Å². The van der Waals surface area contributed by atoms with E-state index in [1.54, 1.807) is 23.6 Å². The van der Waals surface area contributed by atoms with Gasteiger partial charge in [0.25, 0.3) is 5.56 Å². The maximum absolute atomic E-state index is 13.1. The van der Waals surface area contributed by atoms with E-state index in [9.17, 15) is 18.8 Å². The lowest BCUT2D eigenvalue weighted by molar-refractivity contribution is -0.116. The number of aromatic nitrogens is 2. The SMILES string of the molecule is O=C(CCn1c(=O)c2sccc2n(Cc2ccc(Cl)cc2)c1=O)Nc1ccc(F)cc1. The quantitative estimate of drug-likeness (QED) is 0.474. The second-order valence-corrected chi connectivity index (χ2v) is 8.24. The Balaban J connectivity index is 1.60. The second kappa shape index (κ2) is 8.87. The molecular formula is C22H17ClFN3O3S. The summed E-state index contributed by atoms with van der Waals surface area (Å²) in [5.74, 6) is -0.788. The molecule has 6 nitrogen and oxygen atoms in total. The molecule has 0 spiro atoms. The molecule has 0 aliphatic rings. The fourth-order valence-electron chi connectivity index (χ4n) is 3.23. The van der Waals surface area contributed by atoms with Crippen LogP contribution in [0.5, 0.6) is 0 Å². The van der Waals surface area contributed by atoms with Gasteiger partial charge < -0.3 is 5.32 Å². The number of thiophene rings is 1. The molecule has 0 bridgehead atoms. The Kier molecular flexibility index (Phi) is 6.01. The highest BCUT2D eigenvalue weighted by Crippen LogP contribution is 2.17. The van der Waals surface area contributed by atoms with Crippen LogP contribution in [0, 0.1) is 5.82 Å². The monoisotopic (exact) mass is 457 g/mol. The minimum Gasteiger partial charge on any atom is -0.326 e. The number of nitrogens with zero attached hydrogens (tertiary/aromatic N) is 2. The number of carbonyl (C=O) groups excluding carboxylic acids is 1. The third-order valence-corrected chi connectivity index (χ3v) is 5.92. The Morgan fingerprint density at radius 3 is 2.42 bits per heavy atom. The molecule has 0 radical (unpaired) electrons. The number of carbonyl (C=O) groups is 1. The number of halogens is 2. The first kappa shape index (κ1) is 21.0. The van der Waals surface area contributed by atoms with E-state index in [0.717, 1.165) is 10.1 Å². The minimum absolute atomic E-state index is 0.0703. The average molecular weight is 458 g/mol. The number of hydrogen-bond acceptors (Lipinski definition) is 4. The van der Waals surface area contributed by atoms with Crippen LogP contribution in [-0.2, 0) is 17.9 Å². The predicted octanol–water partition coefficient (Wildman–Crippen LogP) is 4.09. The normalized spacial score (nSPS) is 11.0. The Morgan fingerprint density at radius 2 is 1.71 bits per heavy atom. The molecule has 1 N–H and O–H groups in total. The Morgan fingerprint density at radius 1 is 1.00 bits per heavy atom. The molecular weight excluding hydrogens is 441 g/mol. The van der Waals surface area contributed by atoms with Gasteiger partial charge in [-0.2, -0.15) is 0 Å². The fraction of sp³-hybridized carbons (Fsp3) is 0.136. The van der Waals surface area contributed by atoms with Gasteiger partial charge in [0.15, 0.2) is 0 Å². The van der Waals surface area contributed by atoms with E-state index in [4.69, 9.17) is 11.6 Å². The van der Waals surface area contributed by atoms with Gasteiger partial charge in [-0.05, 0) is 53.4 Å². The summed E-state index contributed by atoms with van der Waals surface area (Å²) in [6.45, 7) is 0.199. The summed E-state index contributed by atoms with van der Waals surface area (Å²) >= 11 is 7.19. The Labute approximate surface area is 185 Å². The van der Waals surface area contributed by atoms with Gasteiger partial charge >= 0.3 is 5.69 Å². The van der Waals surface area contributed by atoms with Crippen molar-refractivity contribution in [3.63, 3.8) is 0 Å². The zero-order chi connectivity index (χ0) is 22.0. The predicted molar refractivity (Wildman–Crippen MR) is 121 cm³/mol. The molecule has 2 heterocycles. The van der Waals surface area contributed by atoms with Gasteiger partial charge in [-0.3, -0.25) is 18.7 Å². The van der Waals surface area contributed by atoms with Gasteiger partial charge in [-0.25, -0.2) is 9.18 Å². The number of hydrogen-bond donors (Lipinski definition) is 1. The highest BCUT2D eigenvalue weighted by Gasteiger charge is 2.15. The van der Waals surface area contributed by atoms with E-state index < -0.39 is 17.1 Å². The lowest BCUT2D eigenvalue weighted by Crippen LogP contribution is -2.40. The van der Waals surface area contributed by atoms with Crippen molar-refractivity contribution in [2.45, 2.75) is 19.5 Å². The lowest BCUT2D eigenvalue weighted by Gasteiger charge is -2.12. The number of benzene rings is 2. The molecule has 0 saturated carbocycles. The highest BCUT2D eigenvalue weighted by atomic mass is 35.5. The molecule has 158 valence electrons. The van der Waals surface area contributed by atoms with Gasteiger partial charge in [-0.1, -0.05) is 23.7 Å². The maximum Gasteiger partial charge on any atom is 0.331 e. The van der Waals surface area contributed by atoms with Gasteiger partial charge in [0.1, 0.15) is 10.5 Å². The smallest absolute Gasteiger partial charge is 0.326 e. The molecule has 0 atom stereocenters. The summed E-state index contributed by atoms with van der Waals surface area (Å²) in [4.78, 5) is 38.2. The molecule has 1 amide bonds. The van der Waals surface area contributed by atoms with Crippen molar-refractivity contribution in [1.82, 2.24) is 9.13 Å². The van der Waals surface area contributed by atoms with Crippen molar-refractivity contribution in [2.24, 2.45) is 0 Å². The van der Waals surface area contributed by atoms with Crippen molar-refractivity contribution in [1.29, 1.82) is 0 Å². The van der Waals surface area contributed by atoms with Crippen molar-refractivity contribution < 1.29 is 9.18 Å². The molecule has 9 heteroatoms. The Bertz CT molecular complexity index is 1360. The van der Waals surface area contributed by atoms with Crippen LogP contribution in [0.4, 0.5) is 10.1 Å². The van der Waals surface area contributed by atoms with Gasteiger partial charge in [0.2, 0.25) is 5.91 Å². The summed E-state index contributed by atoms with van der Waals surface area (Å²) in [6, 6.07) is 14.2. The summed E-state index contributed by atoms with van der Waals surface area (Å²) < 4.78 is 16.1. The van der Waals surface area contributed by atoms with Crippen LogP contribution in [0.25, 0.3) is 10.2 Å². The van der Waals surface area contributed by atoms with Crippen molar-refractivity contribution >= 4 is 44.7 Å². The number of anilines is 1. The maximum atomic E-state index is 13.1. The fourth-order valence-corrected chi connectivity index (χ4v) is 4.19. The number of amides is 1. The molecule has 0 saturated heterocycles. The van der Waals surface area contributed by atoms with Gasteiger partial charge in [0.05, 0.1) is 12.1 Å². The average Bonchev–Trinajstić information content (AvgIpc) is 3.24. The van der Waals surface area contributed by atoms with E-state index in [0.29, 0.717) is 20.9 Å². The van der Waals surface area contributed by atoms with E-state index in [2.05, 4.69) is 5.32 Å². The molecule has 4 rings (SSSR count). The van der Waals surface area contributed by atoms with Crippen LogP contribution in [0.1, 0.15) is 12.0 Å². The van der Waals surface area contributed by atoms with Crippen LogP contribution >= 0.6 is 22.9 Å². The lowest BCUT2D eigenvalue weighted by atomic mass is 10.2. The zero-order valence-corrected chi connectivity index (χ0v) is 17.8. The molecule has 31 heavy (non-hydrogen) atoms. The van der Waals surface area contributed by atoms with Crippen molar-refractivity contribution in [3.05, 3.63) is 97.2 Å². The summed E-state index contributed by atoms with van der Waals surface area (Å²) in [6.07, 6.45) is -0.0790. The third kappa shape index (κ3) is 4.60. The van der Waals surface area contributed by atoms with Crippen LogP contribution in [0.2, 0.25) is 5.02 Å². The van der Waals surface area contributed by atoms with Crippen LogP contribution < -0.4 is 16.6 Å². The second-order valence-electron chi connectivity index (χ2n) is 6.89. The van der Waals surface area contributed by atoms with E-state index >= 15 is 0 Å². The number of nitrogens with one attached hydrogen (secondary N) is 1. The zero-order valence-electron chi connectivity index (χ0n) is 16.2. The van der Waals surface area contributed by atoms with Crippen LogP contribution in [0.3, 0.4) is 0 Å². The number of fused-ring (bicyclic) bond motifs is 1. The molecule has 0 aliphatic carbocycles. The molecule has 0 unspecified atom stereocenters. The van der Waals surface area contributed by atoms with E-state index in [-0.39, 0.29) is 25.4 Å². The van der Waals surface area contributed by atoms with Crippen molar-refractivity contribution in [3.8, 4) is 0 Å². The van der Waals surface area contributed by atoms with Crippen molar-refractivity contribution in [2.75, 3.05) is 5.32 Å².